The van der Waals surface area contributed by atoms with Crippen molar-refractivity contribution in [3.8, 4) is 6.07 Å². The highest BCUT2D eigenvalue weighted by molar-refractivity contribution is 5.50. The van der Waals surface area contributed by atoms with Crippen molar-refractivity contribution < 1.29 is 9.34 Å². The Morgan fingerprint density at radius 2 is 2.21 bits per heavy atom. The molecule has 0 aliphatic carbocycles. The Morgan fingerprint density at radius 1 is 1.42 bits per heavy atom. The lowest BCUT2D eigenvalue weighted by Gasteiger charge is -2.26. The number of aromatic nitrogens is 1. The second-order valence-electron chi connectivity index (χ2n) is 5.59. The van der Waals surface area contributed by atoms with Crippen molar-refractivity contribution in [2.45, 2.75) is 18.9 Å². The third-order valence-electron chi connectivity index (χ3n) is 4.11. The van der Waals surface area contributed by atoms with E-state index in [0.29, 0.717) is 12.4 Å². The van der Waals surface area contributed by atoms with Gasteiger partial charge in [0, 0.05) is 12.6 Å². The Bertz CT molecular complexity index is 748. The van der Waals surface area contributed by atoms with E-state index in [2.05, 4.69) is 15.2 Å². The zero-order valence-electron chi connectivity index (χ0n) is 13.0. The van der Waals surface area contributed by atoms with Gasteiger partial charge in [-0.25, -0.2) is 4.98 Å². The molecule has 1 atom stereocenters. The van der Waals surface area contributed by atoms with E-state index in [4.69, 9.17) is 9.68 Å². The van der Waals surface area contributed by atoms with Gasteiger partial charge in [0.25, 0.3) is 0 Å². The molecule has 3 heterocycles. The lowest BCUT2D eigenvalue weighted by Crippen LogP contribution is -2.30. The minimum atomic E-state index is -0.606. The van der Waals surface area contributed by atoms with Crippen molar-refractivity contribution in [2.24, 2.45) is 0 Å². The van der Waals surface area contributed by atoms with Crippen LogP contribution >= 0.6 is 0 Å². The van der Waals surface area contributed by atoms with Crippen LogP contribution in [0.25, 0.3) is 0 Å². The third kappa shape index (κ3) is 3.36. The number of nitro groups is 1. The predicted octanol–water partition coefficient (Wildman–Crippen LogP) is 2.70. The molecule has 0 aromatic carbocycles. The first kappa shape index (κ1) is 16.0. The Labute approximate surface area is 138 Å². The molecule has 1 unspecified atom stereocenters. The van der Waals surface area contributed by atoms with Gasteiger partial charge >= 0.3 is 5.69 Å². The maximum absolute atomic E-state index is 10.9. The van der Waals surface area contributed by atoms with Crippen LogP contribution in [0.1, 0.15) is 30.3 Å². The summed E-state index contributed by atoms with van der Waals surface area (Å²) >= 11 is 0. The van der Waals surface area contributed by atoms with Crippen LogP contribution in [0.3, 0.4) is 0 Å². The molecule has 1 saturated heterocycles. The molecule has 1 aliphatic rings. The molecule has 1 N–H and O–H groups in total. The van der Waals surface area contributed by atoms with E-state index in [1.165, 1.54) is 12.1 Å². The number of nitrogens with zero attached hydrogens (tertiary/aromatic N) is 4. The molecule has 0 amide bonds. The van der Waals surface area contributed by atoms with Crippen LogP contribution < -0.4 is 5.32 Å². The van der Waals surface area contributed by atoms with E-state index in [1.807, 2.05) is 12.1 Å². The smallest absolute Gasteiger partial charge is 0.305 e. The van der Waals surface area contributed by atoms with Gasteiger partial charge in [0.2, 0.25) is 5.69 Å². The van der Waals surface area contributed by atoms with E-state index in [9.17, 15) is 10.1 Å². The average Bonchev–Trinajstić information content (AvgIpc) is 3.28. The van der Waals surface area contributed by atoms with Crippen LogP contribution in [0, 0.1) is 21.4 Å². The van der Waals surface area contributed by atoms with E-state index in [0.717, 1.165) is 31.7 Å². The summed E-state index contributed by atoms with van der Waals surface area (Å²) in [6.07, 6.45) is 3.97. The predicted molar refractivity (Wildman–Crippen MR) is 86.4 cm³/mol. The lowest BCUT2D eigenvalue weighted by atomic mass is 10.2. The fourth-order valence-corrected chi connectivity index (χ4v) is 2.92. The second-order valence-corrected chi connectivity index (χ2v) is 5.59. The van der Waals surface area contributed by atoms with Crippen LogP contribution in [0.5, 0.6) is 0 Å². The molecular formula is C16H17N5O3. The van der Waals surface area contributed by atoms with Crippen molar-refractivity contribution in [2.75, 3.05) is 25.0 Å². The molecular weight excluding hydrogens is 310 g/mol. The summed E-state index contributed by atoms with van der Waals surface area (Å²) in [6, 6.07) is 8.44. The number of rotatable bonds is 6. The second kappa shape index (κ2) is 7.10. The molecule has 1 fully saturated rings. The molecule has 0 spiro atoms. The largest absolute Gasteiger partial charge is 0.468 e. The average molecular weight is 327 g/mol. The highest BCUT2D eigenvalue weighted by Crippen LogP contribution is 2.26. The Morgan fingerprint density at radius 3 is 2.83 bits per heavy atom. The van der Waals surface area contributed by atoms with E-state index in [1.54, 1.807) is 12.3 Å². The highest BCUT2D eigenvalue weighted by atomic mass is 16.6. The van der Waals surface area contributed by atoms with Crippen LogP contribution in [-0.4, -0.2) is 34.4 Å². The fraction of sp³-hybridized carbons (Fsp3) is 0.375. The van der Waals surface area contributed by atoms with Crippen LogP contribution in [0.4, 0.5) is 11.5 Å². The zero-order chi connectivity index (χ0) is 16.9. The van der Waals surface area contributed by atoms with Crippen molar-refractivity contribution in [3.05, 3.63) is 52.1 Å². The molecule has 0 saturated carbocycles. The number of furan rings is 1. The lowest BCUT2D eigenvalue weighted by molar-refractivity contribution is -0.385. The van der Waals surface area contributed by atoms with E-state index >= 15 is 0 Å². The van der Waals surface area contributed by atoms with Gasteiger partial charge < -0.3 is 9.73 Å². The first-order chi connectivity index (χ1) is 11.7. The summed E-state index contributed by atoms with van der Waals surface area (Å²) in [5.74, 6) is 1.31. The Hall–Kier alpha value is -2.92. The number of pyridine rings is 1. The summed E-state index contributed by atoms with van der Waals surface area (Å²) in [4.78, 5) is 16.6. The normalized spacial score (nSPS) is 15.8. The molecule has 124 valence electrons. The van der Waals surface area contributed by atoms with Gasteiger partial charge in [0.15, 0.2) is 0 Å². The quantitative estimate of drug-likeness (QED) is 0.641. The van der Waals surface area contributed by atoms with Crippen molar-refractivity contribution in [3.63, 3.8) is 0 Å². The summed E-state index contributed by atoms with van der Waals surface area (Å²) in [7, 11) is 0. The summed E-state index contributed by atoms with van der Waals surface area (Å²) in [5, 5.41) is 23.1. The monoisotopic (exact) mass is 327 g/mol. The minimum Gasteiger partial charge on any atom is -0.468 e. The number of likely N-dealkylation sites (tertiary alicyclic amines) is 1. The van der Waals surface area contributed by atoms with Gasteiger partial charge in [-0.1, -0.05) is 0 Å². The maximum Gasteiger partial charge on any atom is 0.305 e. The third-order valence-corrected chi connectivity index (χ3v) is 4.11. The van der Waals surface area contributed by atoms with Gasteiger partial charge in [-0.3, -0.25) is 15.0 Å². The molecule has 8 heteroatoms. The van der Waals surface area contributed by atoms with Gasteiger partial charge in [0.05, 0.1) is 17.2 Å². The molecule has 2 aromatic rings. The maximum atomic E-state index is 10.9. The summed E-state index contributed by atoms with van der Waals surface area (Å²) in [5.41, 5.74) is -0.481. The van der Waals surface area contributed by atoms with Gasteiger partial charge in [-0.15, -0.1) is 0 Å². The van der Waals surface area contributed by atoms with Crippen LogP contribution in [0.2, 0.25) is 0 Å². The van der Waals surface area contributed by atoms with Gasteiger partial charge in [-0.05, 0) is 44.1 Å². The van der Waals surface area contributed by atoms with Crippen molar-refractivity contribution >= 4 is 11.5 Å². The highest BCUT2D eigenvalue weighted by Gasteiger charge is 2.25. The molecule has 8 nitrogen and oxygen atoms in total. The standard InChI is InChI=1S/C16H17N5O3/c17-10-12-13(21(22)23)5-6-16(19-12)18-11-14(15-4-3-9-24-15)20-7-1-2-8-20/h3-6,9,14H,1-2,7-8,11H2,(H,18,19). The summed E-state index contributed by atoms with van der Waals surface area (Å²) in [6.45, 7) is 2.55. The van der Waals surface area contributed by atoms with Crippen molar-refractivity contribution in [1.29, 1.82) is 5.26 Å². The Balaban J connectivity index is 1.75. The number of anilines is 1. The van der Waals surface area contributed by atoms with Crippen LogP contribution in [-0.2, 0) is 0 Å². The van der Waals surface area contributed by atoms with Crippen molar-refractivity contribution in [1.82, 2.24) is 9.88 Å². The van der Waals surface area contributed by atoms with Gasteiger partial charge in [-0.2, -0.15) is 5.26 Å². The number of hydrogen-bond acceptors (Lipinski definition) is 7. The number of hydrogen-bond donors (Lipinski definition) is 1. The van der Waals surface area contributed by atoms with Gasteiger partial charge in [0.1, 0.15) is 17.6 Å². The number of nitriles is 1. The molecule has 24 heavy (non-hydrogen) atoms. The first-order valence-corrected chi connectivity index (χ1v) is 7.76. The molecule has 0 radical (unpaired) electrons. The molecule has 3 rings (SSSR count). The zero-order valence-corrected chi connectivity index (χ0v) is 13.0. The minimum absolute atomic E-state index is 0.0602. The fourth-order valence-electron chi connectivity index (χ4n) is 2.92. The molecule has 2 aromatic heterocycles. The van der Waals surface area contributed by atoms with E-state index in [-0.39, 0.29) is 17.4 Å². The summed E-state index contributed by atoms with van der Waals surface area (Å²) < 4.78 is 5.55. The first-order valence-electron chi connectivity index (χ1n) is 7.76. The molecule has 1 aliphatic heterocycles. The van der Waals surface area contributed by atoms with E-state index < -0.39 is 4.92 Å². The Kier molecular flexibility index (Phi) is 4.72. The number of nitrogens with one attached hydrogen (secondary N) is 1. The van der Waals surface area contributed by atoms with Crippen LogP contribution in [0.15, 0.2) is 34.9 Å². The molecule has 0 bridgehead atoms. The topological polar surface area (TPSA) is 108 Å². The SMILES string of the molecule is N#Cc1nc(NCC(c2ccco2)N2CCCC2)ccc1[N+](=O)[O-].